The van der Waals surface area contributed by atoms with Crippen molar-refractivity contribution in [2.24, 2.45) is 0 Å². The summed E-state index contributed by atoms with van der Waals surface area (Å²) in [5, 5.41) is 0. The summed E-state index contributed by atoms with van der Waals surface area (Å²) in [6, 6.07) is 0. The highest BCUT2D eigenvalue weighted by Crippen LogP contribution is 0.861. The van der Waals surface area contributed by atoms with Gasteiger partial charge in [0.05, 0.1) is 0 Å². The van der Waals surface area contributed by atoms with Gasteiger partial charge in [-0.15, -0.1) is 0 Å². The fourth-order valence-corrected chi connectivity index (χ4v) is 0. The minimum atomic E-state index is 0. The Labute approximate surface area is 40.6 Å². The predicted molar refractivity (Wildman–Crippen MR) is 36.4 cm³/mol. The van der Waals surface area contributed by atoms with E-state index in [1.165, 1.54) is 0 Å². The van der Waals surface area contributed by atoms with Crippen LogP contribution in [0.2, 0.25) is 0 Å². The van der Waals surface area contributed by atoms with E-state index in [0.717, 1.165) is 0 Å². The second kappa shape index (κ2) is 37.8. The van der Waals surface area contributed by atoms with E-state index in [-0.39, 0.29) is 39.8 Å². The lowest BCUT2D eigenvalue weighted by atomic mass is 16.0. The molecule has 0 aromatic rings. The molecule has 32 valence electrons. The van der Waals surface area contributed by atoms with Gasteiger partial charge in [-0.25, -0.2) is 0 Å². The molecule has 0 aliphatic rings. The average Bonchev–Trinajstić information content (AvgIpc) is 0. The van der Waals surface area contributed by atoms with Gasteiger partial charge in [0, 0.05) is 0 Å². The van der Waals surface area contributed by atoms with Gasteiger partial charge in [-0.3, -0.25) is 0 Å². The molecule has 0 saturated heterocycles. The minimum Gasteiger partial charge on any atom is -0.412 e. The van der Waals surface area contributed by atoms with Crippen LogP contribution in [0.15, 0.2) is 0 Å². The highest BCUT2D eigenvalue weighted by atomic mass is 32.1. The Hall–Kier alpha value is 0.957. The van der Waals surface area contributed by atoms with Crippen LogP contribution < -0.4 is 0 Å². The Morgan fingerprint density at radius 1 is 1.00 bits per heavy atom. The molecule has 0 aliphatic carbocycles. The van der Waals surface area contributed by atoms with Gasteiger partial charge in [-0.2, -0.15) is 23.4 Å². The lowest BCUT2D eigenvalue weighted by Gasteiger charge is -0.412. The summed E-state index contributed by atoms with van der Waals surface area (Å²) in [4.78, 5) is 0. The van der Waals surface area contributed by atoms with E-state index in [1.807, 2.05) is 0 Å². The number of rotatable bonds is 0. The molecule has 4 heavy (non-hydrogen) atoms. The molecule has 1 nitrogen and oxygen atoms in total. The SMILES string of the molecule is O.P.S.[SiH4]. The van der Waals surface area contributed by atoms with Crippen molar-refractivity contribution < 1.29 is 5.48 Å². The lowest BCUT2D eigenvalue weighted by molar-refractivity contribution is 0.824. The highest BCUT2D eigenvalue weighted by molar-refractivity contribution is 7.59. The zero-order chi connectivity index (χ0) is 0. The van der Waals surface area contributed by atoms with Crippen molar-refractivity contribution in [2.45, 2.75) is 0 Å². The minimum absolute atomic E-state index is 0. The second-order valence-electron chi connectivity index (χ2n) is 0. The molecular formula is H11OPSSi. The van der Waals surface area contributed by atoms with Gasteiger partial charge >= 0.3 is 0 Å². The quantitative estimate of drug-likeness (QED) is 0.258. The highest BCUT2D eigenvalue weighted by Gasteiger charge is -0.0148. The van der Waals surface area contributed by atoms with E-state index in [9.17, 15) is 0 Å². The van der Waals surface area contributed by atoms with E-state index in [4.69, 9.17) is 0 Å². The normalized spacial score (nSPS) is 0. The topological polar surface area (TPSA) is 31.5 Å². The van der Waals surface area contributed by atoms with Gasteiger partial charge in [0.25, 0.3) is 0 Å². The van der Waals surface area contributed by atoms with Crippen LogP contribution in [0.25, 0.3) is 0 Å². The van der Waals surface area contributed by atoms with Crippen LogP contribution in [-0.2, 0) is 0 Å². The zero-order valence-electron chi connectivity index (χ0n) is 1.71. The van der Waals surface area contributed by atoms with Crippen LogP contribution in [0.5, 0.6) is 0 Å². The molecule has 0 bridgehead atoms. The van der Waals surface area contributed by atoms with Crippen molar-refractivity contribution in [3.8, 4) is 0 Å². The molecule has 0 amide bonds. The molecule has 0 fully saturated rings. The first-order valence-corrected chi connectivity index (χ1v) is 0. The molecule has 0 aliphatic heterocycles. The van der Waals surface area contributed by atoms with Crippen LogP contribution in [0.3, 0.4) is 0 Å². The summed E-state index contributed by atoms with van der Waals surface area (Å²) >= 11 is 0. The fourth-order valence-electron chi connectivity index (χ4n) is 0. The van der Waals surface area contributed by atoms with Crippen molar-refractivity contribution in [2.75, 3.05) is 0 Å². The summed E-state index contributed by atoms with van der Waals surface area (Å²) in [6.07, 6.45) is 0. The van der Waals surface area contributed by atoms with Crippen LogP contribution in [0, 0.1) is 0 Å². The summed E-state index contributed by atoms with van der Waals surface area (Å²) in [5.74, 6) is 0. The van der Waals surface area contributed by atoms with E-state index in [2.05, 4.69) is 0 Å². The Morgan fingerprint density at radius 2 is 1.00 bits per heavy atom. The molecule has 1 unspecified atom stereocenters. The van der Waals surface area contributed by atoms with Crippen molar-refractivity contribution in [3.63, 3.8) is 0 Å². The third-order valence-electron chi connectivity index (χ3n) is 0. The third-order valence-corrected chi connectivity index (χ3v) is 0. The maximum absolute atomic E-state index is 0. The maximum atomic E-state index is 0. The van der Waals surface area contributed by atoms with Gasteiger partial charge in [-0.05, 0) is 11.0 Å². The van der Waals surface area contributed by atoms with Crippen molar-refractivity contribution >= 4 is 34.4 Å². The first kappa shape index (κ1) is 84.8. The van der Waals surface area contributed by atoms with Gasteiger partial charge in [0.1, 0.15) is 0 Å². The lowest BCUT2D eigenvalue weighted by Crippen LogP contribution is -0.381. The standard InChI is InChI=1S/H2O.H3P.H2S.H4Si/h1H2;1H3;1H2;1H4. The van der Waals surface area contributed by atoms with Crippen molar-refractivity contribution in [1.82, 2.24) is 0 Å². The molecule has 0 saturated carbocycles. The van der Waals surface area contributed by atoms with Crippen LogP contribution >= 0.6 is 23.4 Å². The molecular weight excluding hydrogens is 107 g/mol. The largest absolute Gasteiger partial charge is 0.412 e. The summed E-state index contributed by atoms with van der Waals surface area (Å²) in [6.45, 7) is 0. The van der Waals surface area contributed by atoms with Crippen molar-refractivity contribution in [3.05, 3.63) is 0 Å². The monoisotopic (exact) mass is 118 g/mol. The molecule has 1 atom stereocenters. The van der Waals surface area contributed by atoms with Gasteiger partial charge < -0.3 is 5.48 Å². The molecule has 0 aromatic carbocycles. The first-order chi connectivity index (χ1) is 0. The summed E-state index contributed by atoms with van der Waals surface area (Å²) < 4.78 is 0. The molecule has 0 rings (SSSR count). The smallest absolute Gasteiger partial charge is 0.0149 e. The first-order valence-electron chi connectivity index (χ1n) is 0. The van der Waals surface area contributed by atoms with Crippen molar-refractivity contribution in [1.29, 1.82) is 0 Å². The van der Waals surface area contributed by atoms with E-state index in [1.54, 1.807) is 0 Å². The Bertz CT molecular complexity index is 8.00. The molecule has 0 spiro atoms. The van der Waals surface area contributed by atoms with Gasteiger partial charge in [-0.1, -0.05) is 0 Å². The zero-order valence-corrected chi connectivity index (χ0v) is 4.12. The Morgan fingerprint density at radius 3 is 1.00 bits per heavy atom. The molecule has 4 heteroatoms. The second-order valence-corrected chi connectivity index (χ2v) is 0. The average molecular weight is 118 g/mol. The van der Waals surface area contributed by atoms with Crippen LogP contribution in [-0.4, -0.2) is 16.4 Å². The van der Waals surface area contributed by atoms with E-state index in [0.29, 0.717) is 0 Å². The maximum Gasteiger partial charge on any atom is -0.0149 e. The van der Waals surface area contributed by atoms with E-state index < -0.39 is 0 Å². The molecule has 0 radical (unpaired) electrons. The van der Waals surface area contributed by atoms with Crippen LogP contribution in [0.4, 0.5) is 0 Å². The summed E-state index contributed by atoms with van der Waals surface area (Å²) in [7, 11) is 0. The molecule has 2 N–H and O–H groups in total. The molecule has 0 heterocycles. The predicted octanol–water partition coefficient (Wildman–Crippen LogP) is -2.11. The van der Waals surface area contributed by atoms with E-state index >= 15 is 0 Å². The Balaban J connectivity index is 0. The van der Waals surface area contributed by atoms with Gasteiger partial charge in [0.2, 0.25) is 0 Å². The molecule has 0 aromatic heterocycles. The van der Waals surface area contributed by atoms with Crippen LogP contribution in [0.1, 0.15) is 0 Å². The van der Waals surface area contributed by atoms with Gasteiger partial charge in [0.15, 0.2) is 0 Å². The summed E-state index contributed by atoms with van der Waals surface area (Å²) in [5.41, 5.74) is 0. The third kappa shape index (κ3) is 12.4. The Kier molecular flexibility index (Phi) is 801. The number of hydrogen-bond acceptors (Lipinski definition) is 0. The fraction of sp³-hybridized carbons (Fsp3) is 0. The number of hydrogen-bond donors (Lipinski definition) is 0.